The highest BCUT2D eigenvalue weighted by Gasteiger charge is 2.18. The number of H-pyrrole nitrogens is 1. The van der Waals surface area contributed by atoms with Crippen LogP contribution in [-0.2, 0) is 0 Å². The molecule has 98 valence electrons. The van der Waals surface area contributed by atoms with Gasteiger partial charge in [0.1, 0.15) is 0 Å². The molecule has 4 nitrogen and oxygen atoms in total. The summed E-state index contributed by atoms with van der Waals surface area (Å²) in [5, 5.41) is 6.84. The first-order chi connectivity index (χ1) is 9.34. The molecule has 19 heavy (non-hydrogen) atoms. The average Bonchev–Trinajstić information content (AvgIpc) is 3.02. The molecule has 3 rings (SSSR count). The fourth-order valence-electron chi connectivity index (χ4n) is 2.16. The Hall–Kier alpha value is -1.75. The van der Waals surface area contributed by atoms with Crippen LogP contribution in [0.2, 0.25) is 0 Å². The molecule has 0 spiro atoms. The van der Waals surface area contributed by atoms with Crippen molar-refractivity contribution in [1.29, 1.82) is 0 Å². The zero-order valence-electron chi connectivity index (χ0n) is 10.5. The summed E-state index contributed by atoms with van der Waals surface area (Å²) in [4.78, 5) is 14.2. The first-order valence-corrected chi connectivity index (χ1v) is 7.47. The van der Waals surface area contributed by atoms with Gasteiger partial charge in [0.15, 0.2) is 0 Å². The number of carbonyl (C=O) groups excluding carboxylic acids is 1. The van der Waals surface area contributed by atoms with E-state index in [1.807, 2.05) is 47.0 Å². The summed E-state index contributed by atoms with van der Waals surface area (Å²) in [5.41, 5.74) is 2.77. The third-order valence-corrected chi connectivity index (χ3v) is 4.18. The summed E-state index contributed by atoms with van der Waals surface area (Å²) < 4.78 is 0. The molecule has 1 aromatic carbocycles. The number of benzene rings is 1. The van der Waals surface area contributed by atoms with Crippen LogP contribution in [0.5, 0.6) is 0 Å². The number of thioether (sulfide) groups is 1. The standard InChI is InChI=1S/C14H15N3OS/c18-14(17-7-9-19-10-8-17)12-3-1-11(2-4-12)13-5-6-15-16-13/h1-6H,7-10H2,(H,15,16). The lowest BCUT2D eigenvalue weighted by atomic mass is 10.1. The van der Waals surface area contributed by atoms with Gasteiger partial charge in [0, 0.05) is 36.4 Å². The van der Waals surface area contributed by atoms with Crippen LogP contribution in [0.1, 0.15) is 10.4 Å². The molecule has 1 fully saturated rings. The number of aromatic amines is 1. The summed E-state index contributed by atoms with van der Waals surface area (Å²) in [7, 11) is 0. The first kappa shape index (κ1) is 12.3. The van der Waals surface area contributed by atoms with Crippen LogP contribution in [0.15, 0.2) is 36.5 Å². The minimum atomic E-state index is 0.136. The fraction of sp³-hybridized carbons (Fsp3) is 0.286. The number of aromatic nitrogens is 2. The van der Waals surface area contributed by atoms with E-state index in [1.54, 1.807) is 6.20 Å². The molecule has 1 aliphatic rings. The van der Waals surface area contributed by atoms with Crippen molar-refractivity contribution in [2.45, 2.75) is 0 Å². The van der Waals surface area contributed by atoms with E-state index in [0.717, 1.165) is 41.4 Å². The number of nitrogens with one attached hydrogen (secondary N) is 1. The molecule has 0 bridgehead atoms. The monoisotopic (exact) mass is 273 g/mol. The van der Waals surface area contributed by atoms with Crippen LogP contribution in [0.4, 0.5) is 0 Å². The van der Waals surface area contributed by atoms with Gasteiger partial charge in [-0.2, -0.15) is 16.9 Å². The fourth-order valence-corrected chi connectivity index (χ4v) is 3.06. The molecule has 0 saturated carbocycles. The van der Waals surface area contributed by atoms with Gasteiger partial charge in [0.25, 0.3) is 5.91 Å². The first-order valence-electron chi connectivity index (χ1n) is 6.31. The van der Waals surface area contributed by atoms with E-state index in [4.69, 9.17) is 0 Å². The summed E-state index contributed by atoms with van der Waals surface area (Å²) in [6.07, 6.45) is 1.72. The molecular weight excluding hydrogens is 258 g/mol. The molecule has 1 N–H and O–H groups in total. The van der Waals surface area contributed by atoms with E-state index < -0.39 is 0 Å². The predicted octanol–water partition coefficient (Wildman–Crippen LogP) is 2.27. The van der Waals surface area contributed by atoms with Gasteiger partial charge in [-0.15, -0.1) is 0 Å². The highest BCUT2D eigenvalue weighted by atomic mass is 32.2. The number of rotatable bonds is 2. The Labute approximate surface area is 116 Å². The van der Waals surface area contributed by atoms with Crippen molar-refractivity contribution in [2.75, 3.05) is 24.6 Å². The lowest BCUT2D eigenvalue weighted by Gasteiger charge is -2.26. The van der Waals surface area contributed by atoms with Crippen molar-refractivity contribution in [2.24, 2.45) is 0 Å². The van der Waals surface area contributed by atoms with Crippen LogP contribution >= 0.6 is 11.8 Å². The van der Waals surface area contributed by atoms with Crippen molar-refractivity contribution >= 4 is 17.7 Å². The summed E-state index contributed by atoms with van der Waals surface area (Å²) in [5.74, 6) is 2.21. The highest BCUT2D eigenvalue weighted by Crippen LogP contribution is 2.18. The zero-order chi connectivity index (χ0) is 13.1. The Kier molecular flexibility index (Phi) is 3.55. The molecule has 1 saturated heterocycles. The van der Waals surface area contributed by atoms with Gasteiger partial charge < -0.3 is 4.90 Å². The van der Waals surface area contributed by atoms with Crippen LogP contribution < -0.4 is 0 Å². The van der Waals surface area contributed by atoms with E-state index in [-0.39, 0.29) is 5.91 Å². The quantitative estimate of drug-likeness (QED) is 0.913. The predicted molar refractivity (Wildman–Crippen MR) is 77.3 cm³/mol. The summed E-state index contributed by atoms with van der Waals surface area (Å²) in [6, 6.07) is 9.61. The molecule has 1 aromatic heterocycles. The minimum Gasteiger partial charge on any atom is -0.337 e. The Bertz CT molecular complexity index is 545. The number of amides is 1. The van der Waals surface area contributed by atoms with Gasteiger partial charge in [-0.1, -0.05) is 12.1 Å². The Morgan fingerprint density at radius 1 is 1.16 bits per heavy atom. The molecule has 2 aromatic rings. The highest BCUT2D eigenvalue weighted by molar-refractivity contribution is 7.99. The summed E-state index contributed by atoms with van der Waals surface area (Å²) in [6.45, 7) is 1.71. The van der Waals surface area contributed by atoms with Gasteiger partial charge >= 0.3 is 0 Å². The van der Waals surface area contributed by atoms with Crippen molar-refractivity contribution in [3.8, 4) is 11.3 Å². The second-order valence-electron chi connectivity index (χ2n) is 4.45. The second-order valence-corrected chi connectivity index (χ2v) is 5.68. The molecule has 1 amide bonds. The van der Waals surface area contributed by atoms with Crippen LogP contribution in [0.25, 0.3) is 11.3 Å². The van der Waals surface area contributed by atoms with E-state index in [0.29, 0.717) is 0 Å². The maximum Gasteiger partial charge on any atom is 0.253 e. The number of hydrogen-bond donors (Lipinski definition) is 1. The third-order valence-electron chi connectivity index (χ3n) is 3.24. The zero-order valence-corrected chi connectivity index (χ0v) is 11.3. The van der Waals surface area contributed by atoms with Gasteiger partial charge in [0.2, 0.25) is 0 Å². The molecule has 0 aliphatic carbocycles. The molecular formula is C14H15N3OS. The maximum atomic E-state index is 12.3. The SMILES string of the molecule is O=C(c1ccc(-c2ccn[nH]2)cc1)N1CCSCC1. The molecule has 5 heteroatoms. The molecule has 0 unspecified atom stereocenters. The smallest absolute Gasteiger partial charge is 0.253 e. The Morgan fingerprint density at radius 2 is 1.89 bits per heavy atom. The average molecular weight is 273 g/mol. The lowest BCUT2D eigenvalue weighted by Crippen LogP contribution is -2.37. The van der Waals surface area contributed by atoms with E-state index in [9.17, 15) is 4.79 Å². The van der Waals surface area contributed by atoms with Crippen molar-refractivity contribution in [3.05, 3.63) is 42.1 Å². The largest absolute Gasteiger partial charge is 0.337 e. The lowest BCUT2D eigenvalue weighted by molar-refractivity contribution is 0.0772. The maximum absolute atomic E-state index is 12.3. The summed E-state index contributed by atoms with van der Waals surface area (Å²) >= 11 is 1.91. The van der Waals surface area contributed by atoms with Gasteiger partial charge in [0.05, 0.1) is 5.69 Å². The van der Waals surface area contributed by atoms with Gasteiger partial charge in [-0.25, -0.2) is 0 Å². The van der Waals surface area contributed by atoms with E-state index >= 15 is 0 Å². The molecule has 1 aliphatic heterocycles. The molecule has 0 atom stereocenters. The van der Waals surface area contributed by atoms with E-state index in [1.165, 1.54) is 0 Å². The Balaban J connectivity index is 1.76. The minimum absolute atomic E-state index is 0.136. The van der Waals surface area contributed by atoms with Crippen molar-refractivity contribution in [1.82, 2.24) is 15.1 Å². The third kappa shape index (κ3) is 2.66. The number of hydrogen-bond acceptors (Lipinski definition) is 3. The number of nitrogens with zero attached hydrogens (tertiary/aromatic N) is 2. The van der Waals surface area contributed by atoms with Gasteiger partial charge in [-0.3, -0.25) is 9.89 Å². The van der Waals surface area contributed by atoms with Crippen LogP contribution in [0.3, 0.4) is 0 Å². The van der Waals surface area contributed by atoms with Crippen molar-refractivity contribution < 1.29 is 4.79 Å². The topological polar surface area (TPSA) is 49.0 Å². The molecule has 2 heterocycles. The second kappa shape index (κ2) is 5.48. The molecule has 0 radical (unpaired) electrons. The van der Waals surface area contributed by atoms with Crippen LogP contribution in [-0.4, -0.2) is 45.6 Å². The van der Waals surface area contributed by atoms with Gasteiger partial charge in [-0.05, 0) is 23.8 Å². The van der Waals surface area contributed by atoms with E-state index in [2.05, 4.69) is 10.2 Å². The number of carbonyl (C=O) groups is 1. The van der Waals surface area contributed by atoms with Crippen LogP contribution in [0, 0.1) is 0 Å². The van der Waals surface area contributed by atoms with Crippen molar-refractivity contribution in [3.63, 3.8) is 0 Å². The normalized spacial score (nSPS) is 15.5. The Morgan fingerprint density at radius 3 is 2.53 bits per heavy atom.